The number of nitrogens with one attached hydrogen (secondary N) is 1. The van der Waals surface area contributed by atoms with Crippen LogP contribution in [0.15, 0.2) is 30.3 Å². The van der Waals surface area contributed by atoms with E-state index in [-0.39, 0.29) is 0 Å². The van der Waals surface area contributed by atoms with Crippen LogP contribution in [0.5, 0.6) is 0 Å². The second-order valence-electron chi connectivity index (χ2n) is 6.34. The minimum Gasteiger partial charge on any atom is -0.355 e. The first-order valence-electron chi connectivity index (χ1n) is 7.56. The Labute approximate surface area is 115 Å². The van der Waals surface area contributed by atoms with Gasteiger partial charge in [-0.3, -0.25) is 4.79 Å². The zero-order valence-electron chi connectivity index (χ0n) is 11.6. The third-order valence-corrected chi connectivity index (χ3v) is 5.03. The number of hydrogen-bond acceptors (Lipinski definition) is 1. The van der Waals surface area contributed by atoms with E-state index in [1.54, 1.807) is 0 Å². The monoisotopic (exact) mass is 257 g/mol. The number of fused-ring (bicyclic) bond motifs is 2. The molecule has 1 N–H and O–H groups in total. The predicted octanol–water partition coefficient (Wildman–Crippen LogP) is 3.34. The molecule has 1 aromatic carbocycles. The lowest BCUT2D eigenvalue weighted by Crippen LogP contribution is -2.35. The Bertz CT molecular complexity index is 442. The van der Waals surface area contributed by atoms with Gasteiger partial charge in [0.05, 0.1) is 0 Å². The molecule has 2 nitrogen and oxygen atoms in total. The van der Waals surface area contributed by atoms with Gasteiger partial charge in [0.25, 0.3) is 0 Å². The van der Waals surface area contributed by atoms with E-state index in [0.717, 1.165) is 18.9 Å². The molecule has 2 aliphatic carbocycles. The van der Waals surface area contributed by atoms with Gasteiger partial charge in [-0.2, -0.15) is 0 Å². The average molecular weight is 257 g/mol. The molecule has 1 amide bonds. The van der Waals surface area contributed by atoms with Gasteiger partial charge in [-0.15, -0.1) is 0 Å². The number of carbonyl (C=O) groups excluding carboxylic acids is 1. The SMILES string of the molecule is CC(CNC(=O)C1CC2CCC1C2)c1ccccc1. The van der Waals surface area contributed by atoms with Crippen molar-refractivity contribution in [1.29, 1.82) is 0 Å². The molecule has 3 rings (SSSR count). The Hall–Kier alpha value is -1.31. The Kier molecular flexibility index (Phi) is 3.58. The molecule has 1 aromatic rings. The van der Waals surface area contributed by atoms with Crippen molar-refractivity contribution < 1.29 is 4.79 Å². The summed E-state index contributed by atoms with van der Waals surface area (Å²) >= 11 is 0. The molecule has 2 bridgehead atoms. The molecular weight excluding hydrogens is 234 g/mol. The van der Waals surface area contributed by atoms with Crippen LogP contribution < -0.4 is 5.32 Å². The number of rotatable bonds is 4. The van der Waals surface area contributed by atoms with Crippen LogP contribution in [0.1, 0.15) is 44.1 Å². The third-order valence-electron chi connectivity index (χ3n) is 5.03. The van der Waals surface area contributed by atoms with Crippen LogP contribution in [-0.2, 0) is 4.79 Å². The fraction of sp³-hybridized carbons (Fsp3) is 0.588. The summed E-state index contributed by atoms with van der Waals surface area (Å²) in [6.07, 6.45) is 5.06. The molecular formula is C17H23NO. The first-order valence-corrected chi connectivity index (χ1v) is 7.56. The standard InChI is InChI=1S/C17H23NO/c1-12(14-5-3-2-4-6-14)11-18-17(19)16-10-13-7-8-15(16)9-13/h2-6,12-13,15-16H,7-11H2,1H3,(H,18,19). The third kappa shape index (κ3) is 2.68. The van der Waals surface area contributed by atoms with E-state index in [0.29, 0.717) is 23.7 Å². The van der Waals surface area contributed by atoms with Gasteiger partial charge in [-0.1, -0.05) is 43.7 Å². The zero-order valence-corrected chi connectivity index (χ0v) is 11.6. The van der Waals surface area contributed by atoms with Crippen LogP contribution in [-0.4, -0.2) is 12.5 Å². The van der Waals surface area contributed by atoms with E-state index in [1.165, 1.54) is 24.8 Å². The summed E-state index contributed by atoms with van der Waals surface area (Å²) < 4.78 is 0. The largest absolute Gasteiger partial charge is 0.355 e. The van der Waals surface area contributed by atoms with E-state index in [9.17, 15) is 4.79 Å². The van der Waals surface area contributed by atoms with E-state index in [1.807, 2.05) is 6.07 Å². The van der Waals surface area contributed by atoms with Gasteiger partial charge in [-0.05, 0) is 42.6 Å². The van der Waals surface area contributed by atoms with Crippen molar-refractivity contribution in [2.24, 2.45) is 17.8 Å². The Morgan fingerprint density at radius 3 is 2.68 bits per heavy atom. The summed E-state index contributed by atoms with van der Waals surface area (Å²) in [5.74, 6) is 2.52. The van der Waals surface area contributed by atoms with Gasteiger partial charge in [0.2, 0.25) is 5.91 Å². The molecule has 0 spiro atoms. The fourth-order valence-electron chi connectivity index (χ4n) is 3.85. The molecule has 19 heavy (non-hydrogen) atoms. The highest BCUT2D eigenvalue weighted by atomic mass is 16.1. The molecule has 2 saturated carbocycles. The topological polar surface area (TPSA) is 29.1 Å². The number of benzene rings is 1. The minimum absolute atomic E-state index is 0.301. The van der Waals surface area contributed by atoms with Gasteiger partial charge in [-0.25, -0.2) is 0 Å². The smallest absolute Gasteiger partial charge is 0.223 e. The van der Waals surface area contributed by atoms with E-state index in [4.69, 9.17) is 0 Å². The predicted molar refractivity (Wildman–Crippen MR) is 76.8 cm³/mol. The first kappa shape index (κ1) is 12.7. The molecule has 0 saturated heterocycles. The minimum atomic E-state index is 0.301. The highest BCUT2D eigenvalue weighted by Crippen LogP contribution is 2.48. The second kappa shape index (κ2) is 5.36. The Morgan fingerprint density at radius 2 is 2.05 bits per heavy atom. The van der Waals surface area contributed by atoms with Crippen LogP contribution in [0.2, 0.25) is 0 Å². The van der Waals surface area contributed by atoms with Crippen LogP contribution in [0, 0.1) is 17.8 Å². The van der Waals surface area contributed by atoms with Crippen molar-refractivity contribution in [3.8, 4) is 0 Å². The number of amides is 1. The van der Waals surface area contributed by atoms with Crippen LogP contribution in [0.3, 0.4) is 0 Å². The van der Waals surface area contributed by atoms with Crippen LogP contribution in [0.25, 0.3) is 0 Å². The maximum Gasteiger partial charge on any atom is 0.223 e. The summed E-state index contributed by atoms with van der Waals surface area (Å²) in [6, 6.07) is 10.4. The normalized spacial score (nSPS) is 30.3. The van der Waals surface area contributed by atoms with E-state index < -0.39 is 0 Å². The molecule has 0 heterocycles. The van der Waals surface area contributed by atoms with E-state index >= 15 is 0 Å². The number of hydrogen-bond donors (Lipinski definition) is 1. The number of carbonyl (C=O) groups is 1. The lowest BCUT2D eigenvalue weighted by atomic mass is 9.88. The van der Waals surface area contributed by atoms with Gasteiger partial charge in [0, 0.05) is 12.5 Å². The van der Waals surface area contributed by atoms with Crippen molar-refractivity contribution >= 4 is 5.91 Å². The zero-order chi connectivity index (χ0) is 13.2. The fourth-order valence-corrected chi connectivity index (χ4v) is 3.85. The first-order chi connectivity index (χ1) is 9.24. The maximum atomic E-state index is 12.3. The summed E-state index contributed by atoms with van der Waals surface area (Å²) in [4.78, 5) is 12.3. The van der Waals surface area contributed by atoms with Crippen LogP contribution in [0.4, 0.5) is 0 Å². The van der Waals surface area contributed by atoms with Crippen molar-refractivity contribution in [3.63, 3.8) is 0 Å². The molecule has 0 aromatic heterocycles. The highest BCUT2D eigenvalue weighted by molar-refractivity contribution is 5.79. The van der Waals surface area contributed by atoms with Crippen molar-refractivity contribution in [2.45, 2.75) is 38.5 Å². The van der Waals surface area contributed by atoms with Crippen molar-refractivity contribution in [2.75, 3.05) is 6.54 Å². The van der Waals surface area contributed by atoms with Gasteiger partial charge in [0.1, 0.15) is 0 Å². The quantitative estimate of drug-likeness (QED) is 0.880. The molecule has 2 fully saturated rings. The summed E-state index contributed by atoms with van der Waals surface area (Å²) in [7, 11) is 0. The maximum absolute atomic E-state index is 12.3. The van der Waals surface area contributed by atoms with Gasteiger partial charge >= 0.3 is 0 Å². The molecule has 2 aliphatic rings. The van der Waals surface area contributed by atoms with Gasteiger partial charge in [0.15, 0.2) is 0 Å². The lowest BCUT2D eigenvalue weighted by molar-refractivity contribution is -0.126. The summed E-state index contributed by atoms with van der Waals surface area (Å²) in [5.41, 5.74) is 1.30. The Balaban J connectivity index is 1.51. The molecule has 102 valence electrons. The summed E-state index contributed by atoms with van der Waals surface area (Å²) in [6.45, 7) is 2.94. The van der Waals surface area contributed by atoms with Crippen molar-refractivity contribution in [3.05, 3.63) is 35.9 Å². The van der Waals surface area contributed by atoms with Gasteiger partial charge < -0.3 is 5.32 Å². The summed E-state index contributed by atoms with van der Waals surface area (Å²) in [5, 5.41) is 3.17. The molecule has 0 aliphatic heterocycles. The van der Waals surface area contributed by atoms with E-state index in [2.05, 4.69) is 36.5 Å². The van der Waals surface area contributed by atoms with Crippen molar-refractivity contribution in [1.82, 2.24) is 5.32 Å². The Morgan fingerprint density at radius 1 is 1.26 bits per heavy atom. The molecule has 0 radical (unpaired) electrons. The van der Waals surface area contributed by atoms with Crippen LogP contribution >= 0.6 is 0 Å². The molecule has 2 heteroatoms. The highest BCUT2D eigenvalue weighted by Gasteiger charge is 2.42. The lowest BCUT2D eigenvalue weighted by Gasteiger charge is -2.22. The average Bonchev–Trinajstić information content (AvgIpc) is 3.08. The second-order valence-corrected chi connectivity index (χ2v) is 6.34. The molecule has 4 atom stereocenters. The molecule has 4 unspecified atom stereocenters.